The molecule has 9 amide bonds. The zero-order chi connectivity index (χ0) is 79.6. The van der Waals surface area contributed by atoms with E-state index in [1.54, 1.807) is 0 Å². The number of benzene rings is 7. The van der Waals surface area contributed by atoms with Crippen molar-refractivity contribution in [2.75, 3.05) is 47.9 Å². The van der Waals surface area contributed by atoms with Gasteiger partial charge in [-0.15, -0.1) is 0 Å². The summed E-state index contributed by atoms with van der Waals surface area (Å²) in [7, 11) is 0. The molecule has 0 aliphatic carbocycles. The van der Waals surface area contributed by atoms with E-state index in [1.807, 2.05) is 0 Å². The van der Waals surface area contributed by atoms with Crippen LogP contribution in [0.25, 0.3) is 0 Å². The monoisotopic (exact) mass is 1490 g/mol. The summed E-state index contributed by atoms with van der Waals surface area (Å²) >= 11 is 0. The second kappa shape index (κ2) is 34.4. The summed E-state index contributed by atoms with van der Waals surface area (Å²) in [5, 5.41) is 20.3. The van der Waals surface area contributed by atoms with E-state index in [0.29, 0.717) is 75.4 Å². The number of nitrogens with zero attached hydrogens (tertiary/aromatic N) is 9. The predicted molar refractivity (Wildman–Crippen MR) is 381 cm³/mol. The van der Waals surface area contributed by atoms with Crippen LogP contribution in [0.15, 0.2) is 127 Å². The van der Waals surface area contributed by atoms with E-state index in [2.05, 4.69) is 92.7 Å². The van der Waals surface area contributed by atoms with Crippen molar-refractivity contribution in [1.82, 2.24) is 44.9 Å². The highest BCUT2D eigenvalue weighted by Crippen LogP contribution is 2.24. The van der Waals surface area contributed by atoms with Gasteiger partial charge in [0.05, 0.1) is 0 Å². The van der Waals surface area contributed by atoms with Crippen molar-refractivity contribution in [2.45, 2.75) is 0 Å². The molecular weight excluding hydrogens is 1450 g/mol. The molecule has 3 heterocycles. The minimum Gasteiger partial charge on any atom is -0.298 e. The fourth-order valence-electron chi connectivity index (χ4n) is 9.88. The maximum atomic E-state index is 14.9. The van der Waals surface area contributed by atoms with Crippen LogP contribution in [0, 0.1) is 0 Å². The highest BCUT2D eigenvalue weighted by Gasteiger charge is 2.26. The zero-order valence-corrected chi connectivity index (χ0v) is 55.7. The van der Waals surface area contributed by atoms with Crippen LogP contribution in [0.4, 0.5) is 53.5 Å². The van der Waals surface area contributed by atoms with Gasteiger partial charge >= 0.3 is 0 Å². The maximum absolute atomic E-state index is 14.9. The second-order valence-corrected chi connectivity index (χ2v) is 22.5. The first kappa shape index (κ1) is 76.5. The molecule has 39 nitrogen and oxygen atoms in total. The highest BCUT2D eigenvalue weighted by molar-refractivity contribution is 6.15. The second-order valence-electron chi connectivity index (χ2n) is 22.5. The molecule has 0 spiro atoms. The van der Waals surface area contributed by atoms with E-state index in [0.717, 1.165) is 127 Å². The molecule has 10 rings (SSSR count). The number of aldehydes is 12. The van der Waals surface area contributed by atoms with E-state index in [9.17, 15) is 101 Å². The lowest BCUT2D eigenvalue weighted by atomic mass is 10.0. The lowest BCUT2D eigenvalue weighted by Crippen LogP contribution is -2.24. The van der Waals surface area contributed by atoms with Crippen LogP contribution in [0.3, 0.4) is 0 Å². The van der Waals surface area contributed by atoms with E-state index in [1.165, 1.54) is 0 Å². The van der Waals surface area contributed by atoms with Crippen molar-refractivity contribution in [3.05, 3.63) is 244 Å². The first-order chi connectivity index (χ1) is 53.4. The van der Waals surface area contributed by atoms with Crippen LogP contribution in [-0.2, 0) is 0 Å². The van der Waals surface area contributed by atoms with E-state index in [4.69, 9.17) is 0 Å². The van der Waals surface area contributed by atoms with Crippen molar-refractivity contribution in [3.8, 4) is 0 Å². The number of hydrogen-bond acceptors (Lipinski definition) is 30. The summed E-state index contributed by atoms with van der Waals surface area (Å²) in [6, 6.07) is 22.0. The summed E-state index contributed by atoms with van der Waals surface area (Å²) in [6.45, 7) is 0. The highest BCUT2D eigenvalue weighted by atomic mass is 16.2. The van der Waals surface area contributed by atoms with Gasteiger partial charge in [-0.1, -0.05) is 0 Å². The molecule has 0 saturated heterocycles. The molecule has 0 atom stereocenters. The molecule has 9 N–H and O–H groups in total. The van der Waals surface area contributed by atoms with Gasteiger partial charge in [0, 0.05) is 117 Å². The van der Waals surface area contributed by atoms with E-state index < -0.39 is 123 Å². The van der Waals surface area contributed by atoms with Crippen LogP contribution in [0.5, 0.6) is 0 Å². The van der Waals surface area contributed by atoms with Crippen molar-refractivity contribution in [1.29, 1.82) is 0 Å². The standard InChI is InChI=1S/C72H42N18O21/c91-22-34-1-35(23-92)8-46(7-34)55(103)73-64-82-65(74-56(104)47-9-36(24-93)2-37(10-47)25-94)86-70(85-64)79-61(109)52-19-53(62(110)80-71-87-66(75-57(105)48-11-38(26-95)3-39(12-48)27-96)83-67(88-71)76-58(106)49-13-40(28-97)4-41(14-49)29-98)21-54(20-52)63(111)81-72-89-68(77-59(107)50-15-42(30-99)5-43(16-50)31-100)84-69(90-72)78-60(108)51-17-44(32-101)6-45(18-51)33-102/h1-33H,(H3,73,74,79,82,85,86,103,104,109)(H3,75,76,80,83,87,88,105,106,110)(H3,77,78,81,84,89,90,107,108,111). The Kier molecular flexibility index (Phi) is 23.7. The van der Waals surface area contributed by atoms with Gasteiger partial charge < -0.3 is 0 Å². The van der Waals surface area contributed by atoms with Gasteiger partial charge in [0.1, 0.15) is 75.4 Å². The smallest absolute Gasteiger partial charge is 0.258 e. The Balaban J connectivity index is 1.08. The lowest BCUT2D eigenvalue weighted by molar-refractivity contribution is 0.100. The number of anilines is 9. The number of carbonyl (C=O) groups excluding carboxylic acids is 21. The van der Waals surface area contributed by atoms with E-state index >= 15 is 0 Å². The number of aromatic nitrogens is 9. The fourth-order valence-corrected chi connectivity index (χ4v) is 9.88. The third kappa shape index (κ3) is 19.4. The average Bonchev–Trinajstić information content (AvgIpc) is 0.794. The van der Waals surface area contributed by atoms with Crippen molar-refractivity contribution >= 4 is 182 Å². The molecule has 0 saturated carbocycles. The minimum atomic E-state index is -1.39. The summed E-state index contributed by atoms with van der Waals surface area (Å²) in [4.78, 5) is 305. The van der Waals surface area contributed by atoms with Crippen molar-refractivity contribution in [3.63, 3.8) is 0 Å². The van der Waals surface area contributed by atoms with Gasteiger partial charge in [0.15, 0.2) is 0 Å². The quantitative estimate of drug-likeness (QED) is 0.0259. The summed E-state index contributed by atoms with van der Waals surface area (Å²) in [6.07, 6.45) is 3.87. The molecule has 0 aliphatic heterocycles. The van der Waals surface area contributed by atoms with Gasteiger partial charge in [-0.2, -0.15) is 44.9 Å². The molecule has 546 valence electrons. The van der Waals surface area contributed by atoms with Gasteiger partial charge in [-0.25, -0.2) is 0 Å². The fraction of sp³-hybridized carbons (Fsp3) is 0. The average molecular weight is 1500 g/mol. The summed E-state index contributed by atoms with van der Waals surface area (Å²) in [5.74, 6) is -18.2. The Bertz CT molecular complexity index is 4750. The number of amides is 9. The van der Waals surface area contributed by atoms with Crippen molar-refractivity contribution < 1.29 is 101 Å². The largest absolute Gasteiger partial charge is 0.298 e. The molecule has 0 fully saturated rings. The Hall–Kier alpha value is -17.2. The molecular formula is C72H42N18O21. The topological polar surface area (TPSA) is 583 Å². The molecule has 0 aliphatic rings. The zero-order valence-electron chi connectivity index (χ0n) is 55.7. The van der Waals surface area contributed by atoms with Crippen LogP contribution in [0.1, 0.15) is 218 Å². The Morgan fingerprint density at radius 2 is 0.243 bits per heavy atom. The van der Waals surface area contributed by atoms with Crippen molar-refractivity contribution in [2.24, 2.45) is 0 Å². The molecule has 39 heteroatoms. The Labute approximate surface area is 617 Å². The van der Waals surface area contributed by atoms with Gasteiger partial charge in [0.25, 0.3) is 53.2 Å². The third-order valence-corrected chi connectivity index (χ3v) is 14.7. The van der Waals surface area contributed by atoms with Gasteiger partial charge in [0.2, 0.25) is 53.5 Å². The first-order valence-corrected chi connectivity index (χ1v) is 31.0. The maximum Gasteiger partial charge on any atom is 0.258 e. The predicted octanol–water partition coefficient (Wildman–Crippen LogP) is 5.26. The normalized spacial score (nSPS) is 10.4. The Morgan fingerprint density at radius 3 is 0.333 bits per heavy atom. The minimum absolute atomic E-state index is 0.140. The molecule has 111 heavy (non-hydrogen) atoms. The van der Waals surface area contributed by atoms with Crippen LogP contribution < -0.4 is 47.9 Å². The van der Waals surface area contributed by atoms with Gasteiger partial charge in [-0.3, -0.25) is 149 Å². The first-order valence-electron chi connectivity index (χ1n) is 31.0. The molecule has 0 unspecified atom stereocenters. The number of nitrogens with one attached hydrogen (secondary N) is 9. The molecule has 0 bridgehead atoms. The van der Waals surface area contributed by atoms with Crippen LogP contribution >= 0.6 is 0 Å². The number of carbonyl (C=O) groups is 21. The van der Waals surface area contributed by atoms with E-state index in [-0.39, 0.29) is 100 Å². The van der Waals surface area contributed by atoms with Crippen LogP contribution in [0.2, 0.25) is 0 Å². The molecule has 3 aromatic heterocycles. The number of rotatable bonds is 30. The molecule has 0 radical (unpaired) electrons. The SMILES string of the molecule is O=Cc1cc(C=O)cc(C(=O)Nc2nc(NC(=O)c3cc(C=O)cc(C=O)c3)nc(NC(=O)c3cc(C(=O)Nc4nc(NC(=O)c5cc(C=O)cc(C=O)c5)nc(NC(=O)c5cc(C=O)cc(C=O)c5)n4)cc(C(=O)Nc4nc(NC(=O)c5cc(C=O)cc(C=O)c5)nc(NC(=O)c5cc(C=O)cc(C=O)c5)n4)c3)n2)c1. The lowest BCUT2D eigenvalue weighted by Gasteiger charge is -2.13. The van der Waals surface area contributed by atoms with Gasteiger partial charge in [-0.05, 0) is 127 Å². The Morgan fingerprint density at radius 1 is 0.153 bits per heavy atom. The molecule has 10 aromatic rings. The third-order valence-electron chi connectivity index (χ3n) is 14.7. The summed E-state index contributed by atoms with van der Waals surface area (Å²) < 4.78 is 0. The summed E-state index contributed by atoms with van der Waals surface area (Å²) in [5.41, 5.74) is -5.89. The molecule has 7 aromatic carbocycles. The van der Waals surface area contributed by atoms with Crippen LogP contribution in [-0.4, -0.2) is 173 Å². The number of hydrogen-bond donors (Lipinski definition) is 9.